The molecule has 0 aromatic carbocycles. The lowest BCUT2D eigenvalue weighted by Crippen LogP contribution is -2.36. The maximum atomic E-state index is 9.01. The van der Waals surface area contributed by atoms with E-state index in [4.69, 9.17) is 25.1 Å². The molecule has 0 bridgehead atoms. The van der Waals surface area contributed by atoms with E-state index in [2.05, 4.69) is 34.9 Å². The minimum atomic E-state index is -0.250. The van der Waals surface area contributed by atoms with Gasteiger partial charge in [-0.05, 0) is 65.4 Å². The number of nitrogens with zero attached hydrogens (tertiary/aromatic N) is 3. The van der Waals surface area contributed by atoms with Gasteiger partial charge in [0.15, 0.2) is 0 Å². The van der Waals surface area contributed by atoms with Crippen LogP contribution in [-0.2, 0) is 16.1 Å². The van der Waals surface area contributed by atoms with Gasteiger partial charge in [-0.2, -0.15) is 5.26 Å². The minimum Gasteiger partial charge on any atom is -0.483 e. The Bertz CT molecular complexity index is 560. The monoisotopic (exact) mass is 366 g/mol. The number of aryl methyl sites for hydroxylation is 1. The second-order valence-electron chi connectivity index (χ2n) is 6.49. The van der Waals surface area contributed by atoms with E-state index in [1.807, 2.05) is 13.0 Å². The lowest BCUT2D eigenvalue weighted by atomic mass is 9.94. The maximum absolute atomic E-state index is 9.01. The van der Waals surface area contributed by atoms with Crippen LogP contribution in [0.1, 0.15) is 36.2 Å². The number of nitriles is 1. The van der Waals surface area contributed by atoms with Crippen molar-refractivity contribution in [3.8, 4) is 6.07 Å². The molecule has 2 rings (SSSR count). The number of nitrogens with one attached hydrogen (secondary N) is 1. The fraction of sp³-hybridized carbons (Fsp3) is 0.611. The van der Waals surface area contributed by atoms with Crippen molar-refractivity contribution >= 4 is 12.9 Å². The van der Waals surface area contributed by atoms with Crippen LogP contribution in [-0.4, -0.2) is 71.7 Å². The highest BCUT2D eigenvalue weighted by Gasteiger charge is 2.20. The Labute approximate surface area is 155 Å². The number of hydrogen-bond acceptors (Lipinski definition) is 5. The van der Waals surface area contributed by atoms with Crippen molar-refractivity contribution in [3.05, 3.63) is 23.0 Å². The van der Waals surface area contributed by atoms with Crippen molar-refractivity contribution < 1.29 is 19.8 Å². The van der Waals surface area contributed by atoms with Gasteiger partial charge < -0.3 is 20.1 Å². The van der Waals surface area contributed by atoms with Gasteiger partial charge in [-0.1, -0.05) is 0 Å². The van der Waals surface area contributed by atoms with Gasteiger partial charge in [0.2, 0.25) is 0 Å². The average molecular weight is 366 g/mol. The highest BCUT2D eigenvalue weighted by Crippen LogP contribution is 2.21. The summed E-state index contributed by atoms with van der Waals surface area (Å²) in [5.74, 6) is 0.817. The summed E-state index contributed by atoms with van der Waals surface area (Å²) in [4.78, 5) is 24.9. The van der Waals surface area contributed by atoms with Gasteiger partial charge in [0.05, 0.1) is 5.56 Å². The smallest absolute Gasteiger partial charge is 0.290 e. The first kappa shape index (κ1) is 23.6. The third-order valence-electron chi connectivity index (χ3n) is 4.17. The van der Waals surface area contributed by atoms with Crippen molar-refractivity contribution in [1.82, 2.24) is 14.8 Å². The molecule has 1 unspecified atom stereocenters. The van der Waals surface area contributed by atoms with Crippen LogP contribution < -0.4 is 0 Å². The normalized spacial score (nSPS) is 16.5. The quantitative estimate of drug-likeness (QED) is 0.679. The SMILES string of the molecule is Cc1[nH]c(CN2CCCC(CCN(C)C)C2)cc1C#N.O=CO.O=CO. The Morgan fingerprint density at radius 2 is 2.00 bits per heavy atom. The van der Waals surface area contributed by atoms with E-state index >= 15 is 0 Å². The van der Waals surface area contributed by atoms with Gasteiger partial charge in [-0.25, -0.2) is 0 Å². The summed E-state index contributed by atoms with van der Waals surface area (Å²) in [5, 5.41) is 22.8. The molecule has 0 radical (unpaired) electrons. The van der Waals surface area contributed by atoms with Crippen LogP contribution >= 0.6 is 0 Å². The number of aromatic amines is 1. The maximum Gasteiger partial charge on any atom is 0.290 e. The highest BCUT2D eigenvalue weighted by atomic mass is 16.3. The number of aromatic nitrogens is 1. The highest BCUT2D eigenvalue weighted by molar-refractivity contribution is 5.35. The predicted octanol–water partition coefficient (Wildman–Crippen LogP) is 1.76. The van der Waals surface area contributed by atoms with E-state index in [1.165, 1.54) is 44.6 Å². The molecule has 1 saturated heterocycles. The summed E-state index contributed by atoms with van der Waals surface area (Å²) < 4.78 is 0. The molecule has 0 saturated carbocycles. The lowest BCUT2D eigenvalue weighted by molar-refractivity contribution is -0.123. The van der Waals surface area contributed by atoms with Crippen LogP contribution in [0.4, 0.5) is 0 Å². The van der Waals surface area contributed by atoms with Gasteiger partial charge in [0.25, 0.3) is 12.9 Å². The number of hydrogen-bond donors (Lipinski definition) is 3. The molecule has 146 valence electrons. The van der Waals surface area contributed by atoms with E-state index in [1.54, 1.807) is 0 Å². The van der Waals surface area contributed by atoms with E-state index in [0.29, 0.717) is 0 Å². The fourth-order valence-electron chi connectivity index (χ4n) is 3.04. The Balaban J connectivity index is 0.000000918. The van der Waals surface area contributed by atoms with Crippen LogP contribution in [0.3, 0.4) is 0 Å². The molecule has 1 aliphatic heterocycles. The van der Waals surface area contributed by atoms with Gasteiger partial charge >= 0.3 is 0 Å². The number of H-pyrrole nitrogens is 1. The van der Waals surface area contributed by atoms with Crippen molar-refractivity contribution in [3.63, 3.8) is 0 Å². The average Bonchev–Trinajstić information content (AvgIpc) is 2.94. The molecular formula is C18H30N4O4. The van der Waals surface area contributed by atoms with E-state index in [9.17, 15) is 0 Å². The number of piperidine rings is 1. The first-order valence-electron chi connectivity index (χ1n) is 8.53. The summed E-state index contributed by atoms with van der Waals surface area (Å²) in [6.45, 7) is 5.96. The summed E-state index contributed by atoms with van der Waals surface area (Å²) in [5.41, 5.74) is 2.94. The standard InChI is InChI=1S/C16H26N4.2CH2O2/c1-13-15(10-17)9-16(18-13)12-20-7-4-5-14(11-20)6-8-19(2)3;2*2-1-3/h9,14,18H,4-8,11-12H2,1-3H3;2*1H,(H,2,3). The molecule has 8 nitrogen and oxygen atoms in total. The molecule has 8 heteroatoms. The minimum absolute atomic E-state index is 0.250. The van der Waals surface area contributed by atoms with Crippen molar-refractivity contribution in [1.29, 1.82) is 5.26 Å². The lowest BCUT2D eigenvalue weighted by Gasteiger charge is -2.33. The van der Waals surface area contributed by atoms with Crippen LogP contribution in [0.15, 0.2) is 6.07 Å². The second kappa shape index (κ2) is 13.9. The zero-order valence-electron chi connectivity index (χ0n) is 15.8. The summed E-state index contributed by atoms with van der Waals surface area (Å²) in [6.07, 6.45) is 3.94. The molecule has 1 fully saturated rings. The molecular weight excluding hydrogens is 336 g/mol. The van der Waals surface area contributed by atoms with Crippen molar-refractivity contribution in [2.75, 3.05) is 33.7 Å². The summed E-state index contributed by atoms with van der Waals surface area (Å²) in [6, 6.07) is 4.24. The zero-order chi connectivity index (χ0) is 19.9. The van der Waals surface area contributed by atoms with Crippen molar-refractivity contribution in [2.45, 2.75) is 32.7 Å². The van der Waals surface area contributed by atoms with Crippen LogP contribution in [0.2, 0.25) is 0 Å². The van der Waals surface area contributed by atoms with E-state index < -0.39 is 0 Å². The third kappa shape index (κ3) is 9.81. The second-order valence-corrected chi connectivity index (χ2v) is 6.49. The molecule has 1 aliphatic rings. The molecule has 1 aromatic rings. The molecule has 0 spiro atoms. The number of carbonyl (C=O) groups is 2. The van der Waals surface area contributed by atoms with Gasteiger partial charge in [-0.15, -0.1) is 0 Å². The Morgan fingerprint density at radius 3 is 2.50 bits per heavy atom. The van der Waals surface area contributed by atoms with Gasteiger partial charge in [0.1, 0.15) is 6.07 Å². The first-order chi connectivity index (χ1) is 12.4. The molecule has 1 aromatic heterocycles. The van der Waals surface area contributed by atoms with Crippen LogP contribution in [0, 0.1) is 24.2 Å². The first-order valence-corrected chi connectivity index (χ1v) is 8.53. The Hall–Kier alpha value is -2.37. The largest absolute Gasteiger partial charge is 0.483 e. The Morgan fingerprint density at radius 1 is 1.38 bits per heavy atom. The predicted molar refractivity (Wildman–Crippen MR) is 98.8 cm³/mol. The number of likely N-dealkylation sites (tertiary alicyclic amines) is 1. The van der Waals surface area contributed by atoms with Gasteiger partial charge in [-0.3, -0.25) is 14.5 Å². The summed E-state index contributed by atoms with van der Waals surface area (Å²) in [7, 11) is 4.29. The Kier molecular flexibility index (Phi) is 12.6. The molecule has 0 aliphatic carbocycles. The zero-order valence-corrected chi connectivity index (χ0v) is 15.8. The molecule has 3 N–H and O–H groups in total. The van der Waals surface area contributed by atoms with E-state index in [-0.39, 0.29) is 12.9 Å². The molecule has 0 amide bonds. The number of carboxylic acid groups (broad SMARTS) is 2. The van der Waals surface area contributed by atoms with Crippen LogP contribution in [0.25, 0.3) is 0 Å². The fourth-order valence-corrected chi connectivity index (χ4v) is 3.04. The summed E-state index contributed by atoms with van der Waals surface area (Å²) >= 11 is 0. The van der Waals surface area contributed by atoms with Crippen LogP contribution in [0.5, 0.6) is 0 Å². The topological polar surface area (TPSA) is 121 Å². The molecule has 1 atom stereocenters. The number of rotatable bonds is 5. The van der Waals surface area contributed by atoms with Crippen molar-refractivity contribution in [2.24, 2.45) is 5.92 Å². The van der Waals surface area contributed by atoms with Gasteiger partial charge in [0, 0.05) is 24.5 Å². The molecule has 26 heavy (non-hydrogen) atoms. The molecule has 2 heterocycles. The third-order valence-corrected chi connectivity index (χ3v) is 4.17. The van der Waals surface area contributed by atoms with E-state index in [0.717, 1.165) is 23.7 Å².